The summed E-state index contributed by atoms with van der Waals surface area (Å²) in [5.41, 5.74) is 3.63. The lowest BCUT2D eigenvalue weighted by Gasteiger charge is -2.30. The largest absolute Gasteiger partial charge is 0.372 e. The average Bonchev–Trinajstić information content (AvgIpc) is 3.22. The van der Waals surface area contributed by atoms with Crippen LogP contribution in [0.15, 0.2) is 54.1 Å². The van der Waals surface area contributed by atoms with Crippen molar-refractivity contribution in [1.82, 2.24) is 5.32 Å². The van der Waals surface area contributed by atoms with Crippen LogP contribution in [0.4, 0.5) is 11.4 Å². The van der Waals surface area contributed by atoms with E-state index < -0.39 is 11.8 Å². The highest BCUT2D eigenvalue weighted by atomic mass is 32.1. The van der Waals surface area contributed by atoms with Gasteiger partial charge in [-0.2, -0.15) is 0 Å². The highest BCUT2D eigenvalue weighted by molar-refractivity contribution is 7.80. The zero-order chi connectivity index (χ0) is 19.7. The van der Waals surface area contributed by atoms with Gasteiger partial charge >= 0.3 is 0 Å². The predicted octanol–water partition coefficient (Wildman–Crippen LogP) is 3.43. The Labute approximate surface area is 169 Å². The number of nitrogens with zero attached hydrogens (tertiary/aromatic N) is 2. The molecule has 0 aromatic heterocycles. The lowest BCUT2D eigenvalue weighted by Crippen LogP contribution is -2.54. The van der Waals surface area contributed by atoms with Crippen molar-refractivity contribution in [3.8, 4) is 0 Å². The molecule has 2 aromatic carbocycles. The van der Waals surface area contributed by atoms with Crippen LogP contribution in [0.3, 0.4) is 0 Å². The van der Waals surface area contributed by atoms with Gasteiger partial charge < -0.3 is 4.90 Å². The summed E-state index contributed by atoms with van der Waals surface area (Å²) in [6, 6.07) is 15.4. The van der Waals surface area contributed by atoms with Gasteiger partial charge in [-0.15, -0.1) is 0 Å². The number of nitrogens with one attached hydrogen (secondary N) is 1. The molecule has 2 aliphatic heterocycles. The monoisotopic (exact) mass is 391 g/mol. The number of para-hydroxylation sites is 1. The van der Waals surface area contributed by atoms with Crippen LogP contribution < -0.4 is 15.1 Å². The Morgan fingerprint density at radius 3 is 2.36 bits per heavy atom. The number of hydrogen-bond donors (Lipinski definition) is 1. The van der Waals surface area contributed by atoms with Crippen molar-refractivity contribution < 1.29 is 9.59 Å². The number of anilines is 2. The van der Waals surface area contributed by atoms with Gasteiger partial charge in [0.1, 0.15) is 5.57 Å². The van der Waals surface area contributed by atoms with E-state index >= 15 is 0 Å². The van der Waals surface area contributed by atoms with E-state index in [4.69, 9.17) is 12.2 Å². The number of aryl methyl sites for hydroxylation is 1. The molecular formula is C22H21N3O2S. The number of hydrogen-bond acceptors (Lipinski definition) is 4. The van der Waals surface area contributed by atoms with Crippen LogP contribution in [0.2, 0.25) is 0 Å². The molecule has 2 amide bonds. The molecule has 0 radical (unpaired) electrons. The number of carbonyl (C=O) groups is 2. The van der Waals surface area contributed by atoms with Gasteiger partial charge in [0.05, 0.1) is 5.69 Å². The highest BCUT2D eigenvalue weighted by Crippen LogP contribution is 2.26. The minimum atomic E-state index is -0.469. The Morgan fingerprint density at radius 1 is 1.00 bits per heavy atom. The van der Waals surface area contributed by atoms with Crippen molar-refractivity contribution in [3.63, 3.8) is 0 Å². The predicted molar refractivity (Wildman–Crippen MR) is 115 cm³/mol. The van der Waals surface area contributed by atoms with Gasteiger partial charge in [0, 0.05) is 18.8 Å². The van der Waals surface area contributed by atoms with Gasteiger partial charge in [0.2, 0.25) is 0 Å². The first-order valence-electron chi connectivity index (χ1n) is 9.37. The first-order valence-corrected chi connectivity index (χ1v) is 9.77. The van der Waals surface area contributed by atoms with E-state index in [1.54, 1.807) is 6.08 Å². The van der Waals surface area contributed by atoms with Gasteiger partial charge in [-0.05, 0) is 67.4 Å². The van der Waals surface area contributed by atoms with Crippen LogP contribution >= 0.6 is 12.2 Å². The molecule has 5 nitrogen and oxygen atoms in total. The highest BCUT2D eigenvalue weighted by Gasteiger charge is 2.34. The zero-order valence-corrected chi connectivity index (χ0v) is 16.5. The third-order valence-electron chi connectivity index (χ3n) is 5.13. The van der Waals surface area contributed by atoms with Crippen molar-refractivity contribution in [1.29, 1.82) is 0 Å². The maximum atomic E-state index is 13.1. The molecule has 0 atom stereocenters. The normalized spacial score (nSPS) is 18.8. The Morgan fingerprint density at radius 2 is 1.68 bits per heavy atom. The molecule has 2 aliphatic rings. The maximum Gasteiger partial charge on any atom is 0.270 e. The van der Waals surface area contributed by atoms with Gasteiger partial charge in [-0.1, -0.05) is 30.3 Å². The summed E-state index contributed by atoms with van der Waals surface area (Å²) in [5, 5.41) is 2.74. The smallest absolute Gasteiger partial charge is 0.270 e. The number of thiocarbonyl (C=S) groups is 1. The number of benzene rings is 2. The summed E-state index contributed by atoms with van der Waals surface area (Å²) in [7, 11) is 0. The molecule has 4 rings (SSSR count). The molecule has 0 spiro atoms. The molecule has 2 aromatic rings. The lowest BCUT2D eigenvalue weighted by molar-refractivity contribution is -0.122. The third kappa shape index (κ3) is 3.43. The summed E-state index contributed by atoms with van der Waals surface area (Å²) >= 11 is 5.26. The average molecular weight is 391 g/mol. The van der Waals surface area contributed by atoms with Gasteiger partial charge in [-0.3, -0.25) is 19.8 Å². The number of amides is 2. The van der Waals surface area contributed by atoms with Crippen molar-refractivity contribution in [2.75, 3.05) is 22.9 Å². The molecular weight excluding hydrogens is 370 g/mol. The SMILES string of the molecule is Cc1ccccc1N1C(=O)/C(=C\c2ccc(N3CCCC3)cc2)C(=O)NC1=S. The summed E-state index contributed by atoms with van der Waals surface area (Å²) in [6.45, 7) is 4.05. The topological polar surface area (TPSA) is 52.7 Å². The molecule has 28 heavy (non-hydrogen) atoms. The fourth-order valence-electron chi connectivity index (χ4n) is 3.61. The quantitative estimate of drug-likeness (QED) is 0.495. The second-order valence-corrected chi connectivity index (χ2v) is 7.42. The Balaban J connectivity index is 1.64. The van der Waals surface area contributed by atoms with Gasteiger partial charge in [-0.25, -0.2) is 0 Å². The molecule has 2 heterocycles. The van der Waals surface area contributed by atoms with E-state index in [0.29, 0.717) is 5.69 Å². The van der Waals surface area contributed by atoms with Crippen LogP contribution in [0.1, 0.15) is 24.0 Å². The Hall–Kier alpha value is -2.99. The van der Waals surface area contributed by atoms with Crippen LogP contribution in [-0.2, 0) is 9.59 Å². The number of rotatable bonds is 3. The van der Waals surface area contributed by atoms with Crippen LogP contribution in [0.5, 0.6) is 0 Å². The molecule has 0 unspecified atom stereocenters. The Bertz CT molecular complexity index is 976. The standard InChI is InChI=1S/C22H21N3O2S/c1-15-6-2-3-7-19(15)25-21(27)18(20(26)23-22(25)28)14-16-8-10-17(11-9-16)24-12-4-5-13-24/h2-3,6-11,14H,4-5,12-13H2,1H3,(H,23,26,28)/b18-14-. The molecule has 142 valence electrons. The van der Waals surface area contributed by atoms with E-state index in [-0.39, 0.29) is 10.7 Å². The molecule has 1 N–H and O–H groups in total. The van der Waals surface area contributed by atoms with Gasteiger partial charge in [0.25, 0.3) is 11.8 Å². The minimum absolute atomic E-state index is 0.0748. The van der Waals surface area contributed by atoms with Crippen LogP contribution in [-0.4, -0.2) is 30.0 Å². The summed E-state index contributed by atoms with van der Waals surface area (Å²) < 4.78 is 0. The second-order valence-electron chi connectivity index (χ2n) is 7.03. The lowest BCUT2D eigenvalue weighted by atomic mass is 10.1. The first-order chi connectivity index (χ1) is 13.5. The summed E-state index contributed by atoms with van der Waals surface area (Å²) in [5.74, 6) is -0.880. The first kappa shape index (κ1) is 18.4. The fourth-order valence-corrected chi connectivity index (χ4v) is 3.89. The van der Waals surface area contributed by atoms with E-state index in [2.05, 4.69) is 10.2 Å². The summed E-state index contributed by atoms with van der Waals surface area (Å²) in [4.78, 5) is 29.2. The van der Waals surface area contributed by atoms with E-state index in [0.717, 1.165) is 24.2 Å². The van der Waals surface area contributed by atoms with Crippen LogP contribution in [0.25, 0.3) is 6.08 Å². The van der Waals surface area contributed by atoms with Crippen molar-refractivity contribution >= 4 is 46.6 Å². The maximum absolute atomic E-state index is 13.1. The molecule has 2 fully saturated rings. The van der Waals surface area contributed by atoms with E-state index in [9.17, 15) is 9.59 Å². The Kier molecular flexibility index (Phi) is 4.96. The minimum Gasteiger partial charge on any atom is -0.372 e. The fraction of sp³-hybridized carbons (Fsp3) is 0.227. The molecule has 0 bridgehead atoms. The third-order valence-corrected chi connectivity index (χ3v) is 5.42. The van der Waals surface area contributed by atoms with Crippen molar-refractivity contribution in [2.45, 2.75) is 19.8 Å². The molecule has 2 saturated heterocycles. The molecule has 6 heteroatoms. The van der Waals surface area contributed by atoms with Crippen molar-refractivity contribution in [2.24, 2.45) is 0 Å². The zero-order valence-electron chi connectivity index (χ0n) is 15.6. The van der Waals surface area contributed by atoms with E-state index in [1.807, 2.05) is 55.5 Å². The molecule has 0 saturated carbocycles. The van der Waals surface area contributed by atoms with Crippen molar-refractivity contribution in [3.05, 3.63) is 65.2 Å². The number of carbonyl (C=O) groups excluding carboxylic acids is 2. The second kappa shape index (κ2) is 7.56. The summed E-state index contributed by atoms with van der Waals surface area (Å²) in [6.07, 6.45) is 4.06. The molecule has 0 aliphatic carbocycles. The van der Waals surface area contributed by atoms with Gasteiger partial charge in [0.15, 0.2) is 5.11 Å². The van der Waals surface area contributed by atoms with E-state index in [1.165, 1.54) is 23.4 Å². The van der Waals surface area contributed by atoms with Crippen LogP contribution in [0, 0.1) is 6.92 Å².